The molecule has 0 aliphatic carbocycles. The van der Waals surface area contributed by atoms with Gasteiger partial charge in [0.05, 0.1) is 38.8 Å². The molecule has 0 saturated heterocycles. The van der Waals surface area contributed by atoms with Crippen molar-refractivity contribution in [3.8, 4) is 96.1 Å². The summed E-state index contributed by atoms with van der Waals surface area (Å²) in [5.74, 6) is 2.51. The van der Waals surface area contributed by atoms with Gasteiger partial charge in [0.15, 0.2) is 34.2 Å². The number of aromatic nitrogens is 8. The second kappa shape index (κ2) is 31.7. The maximum atomic E-state index is 6.94. The van der Waals surface area contributed by atoms with Gasteiger partial charge < -0.3 is 22.4 Å². The van der Waals surface area contributed by atoms with Gasteiger partial charge in [-0.15, -0.1) is 0 Å². The topological polar surface area (TPSA) is 119 Å². The zero-order chi connectivity index (χ0) is 89.4. The summed E-state index contributed by atoms with van der Waals surface area (Å²) >= 11 is 0. The average molecular weight is 1740 g/mol. The largest absolute Gasteiger partial charge is 0.454 e. The molecule has 634 valence electrons. The van der Waals surface area contributed by atoms with Gasteiger partial charge in [-0.1, -0.05) is 382 Å². The SMILES string of the molecule is c1ccc(-c2ccc(-c3nc(-n4c5ccccc5c5c6ccccc6c6c7ccccc7oc6c54)nc4ccccc34)cc2)cc1.c1ccc(-c2ccc3oc4c(c3c2)c2ccccc2c2c3ccccc3n(-c3cc(-c5ccccc5)c5ccccc5c3)c42)cc1.c1ccc(-c2nc(-c3ccccc3)nc(-c3cccc(-n4c5ccccc5c5ccc6c7ccccc7oc6c54)c3)n2)cc1. The van der Waals surface area contributed by atoms with Gasteiger partial charge in [-0.2, -0.15) is 0 Å². The van der Waals surface area contributed by atoms with E-state index in [2.05, 4.69) is 378 Å². The minimum Gasteiger partial charge on any atom is -0.454 e. The van der Waals surface area contributed by atoms with Crippen LogP contribution in [0, 0.1) is 0 Å². The van der Waals surface area contributed by atoms with E-state index in [1.165, 1.54) is 81.9 Å². The maximum Gasteiger partial charge on any atom is 0.235 e. The van der Waals surface area contributed by atoms with Crippen LogP contribution in [0.3, 0.4) is 0 Å². The summed E-state index contributed by atoms with van der Waals surface area (Å²) in [4.78, 5) is 25.4. The Kier molecular flexibility index (Phi) is 18.1. The molecule has 136 heavy (non-hydrogen) atoms. The number of nitrogens with zero attached hydrogens (tertiary/aromatic N) is 8. The van der Waals surface area contributed by atoms with Gasteiger partial charge in [0.25, 0.3) is 0 Å². The lowest BCUT2D eigenvalue weighted by atomic mass is 9.96. The normalized spacial score (nSPS) is 11.8. The first kappa shape index (κ1) is 77.5. The lowest BCUT2D eigenvalue weighted by Crippen LogP contribution is -2.03. The molecule has 0 spiro atoms. The molecule has 0 bridgehead atoms. The number of hydrogen-bond acceptors (Lipinski definition) is 8. The van der Waals surface area contributed by atoms with E-state index < -0.39 is 0 Å². The van der Waals surface area contributed by atoms with Crippen LogP contribution in [0.4, 0.5) is 0 Å². The highest BCUT2D eigenvalue weighted by Gasteiger charge is 2.29. The Bertz CT molecular complexity index is 9810. The Morgan fingerprint density at radius 2 is 0.588 bits per heavy atom. The second-order valence-corrected chi connectivity index (χ2v) is 34.7. The molecule has 29 rings (SSSR count). The highest BCUT2D eigenvalue weighted by Crippen LogP contribution is 2.51. The van der Waals surface area contributed by atoms with Crippen LogP contribution in [0.2, 0.25) is 0 Å². The third kappa shape index (κ3) is 12.6. The maximum absolute atomic E-state index is 6.94. The van der Waals surface area contributed by atoms with Crippen molar-refractivity contribution in [1.82, 2.24) is 38.6 Å². The first-order valence-electron chi connectivity index (χ1n) is 45.9. The van der Waals surface area contributed by atoms with Gasteiger partial charge in [0, 0.05) is 104 Å². The predicted molar refractivity (Wildman–Crippen MR) is 561 cm³/mol. The molecule has 8 heterocycles. The lowest BCUT2D eigenvalue weighted by molar-refractivity contribution is 0.670. The van der Waals surface area contributed by atoms with Crippen LogP contribution in [0.5, 0.6) is 0 Å². The van der Waals surface area contributed by atoms with Crippen LogP contribution in [-0.2, 0) is 0 Å². The summed E-state index contributed by atoms with van der Waals surface area (Å²) < 4.78 is 27.2. The summed E-state index contributed by atoms with van der Waals surface area (Å²) in [5.41, 5.74) is 26.6. The summed E-state index contributed by atoms with van der Waals surface area (Å²) in [6, 6.07) is 161. The Morgan fingerprint density at radius 1 is 0.184 bits per heavy atom. The molecule has 0 radical (unpaired) electrons. The van der Waals surface area contributed by atoms with E-state index in [0.29, 0.717) is 23.4 Å². The van der Waals surface area contributed by atoms with Gasteiger partial charge in [0.1, 0.15) is 22.3 Å². The predicted octanol–water partition coefficient (Wildman–Crippen LogP) is 33.3. The third-order valence-electron chi connectivity index (χ3n) is 27.0. The fourth-order valence-corrected chi connectivity index (χ4v) is 20.9. The minimum atomic E-state index is 0.615. The van der Waals surface area contributed by atoms with Crippen molar-refractivity contribution >= 4 is 174 Å². The molecule has 0 fully saturated rings. The van der Waals surface area contributed by atoms with Crippen molar-refractivity contribution in [2.75, 3.05) is 0 Å². The van der Waals surface area contributed by atoms with E-state index in [-0.39, 0.29) is 0 Å². The van der Waals surface area contributed by atoms with E-state index in [4.69, 9.17) is 38.2 Å². The molecule has 0 aliphatic heterocycles. The zero-order valence-corrected chi connectivity index (χ0v) is 73.2. The standard InChI is InChI=1S/C44H27NO.C42H25N3O.C39H24N4O/c1-3-13-28(14-4-1)30-23-24-40-38(26-30)42-35-20-10-9-19-34(35)41-36-21-11-12-22-39(36)45(43(41)44(42)46-40)32-25-31-17-7-8-18-33(31)37(27-32)29-15-5-2-6-16-29;1-2-12-26(13-3-1)27-22-24-28(25-23-27)39-31-16-6-9-19-34(31)43-42(44-39)45-35-20-10-7-17-32(35)37-29-14-4-5-15-30(29)38-33-18-8-11-21-36(33)46-41(38)40(37)45;1-3-12-25(13-4-1)37-40-38(26-14-5-2-6-15-26)42-39(41-37)27-16-11-17-28(24-27)43-33-20-9-7-18-29(33)31-22-23-32-30-19-8-10-21-34(30)44-36(32)35(31)43/h1-27H;1-25H;1-24H. The number of furan rings is 3. The first-order chi connectivity index (χ1) is 67.5. The van der Waals surface area contributed by atoms with Crippen molar-refractivity contribution < 1.29 is 13.3 Å². The van der Waals surface area contributed by atoms with Crippen LogP contribution in [0.25, 0.3) is 271 Å². The molecule has 0 aliphatic rings. The Morgan fingerprint density at radius 3 is 1.21 bits per heavy atom. The van der Waals surface area contributed by atoms with Crippen molar-refractivity contribution in [3.05, 3.63) is 461 Å². The smallest absolute Gasteiger partial charge is 0.235 e. The average Bonchev–Trinajstić information content (AvgIpc) is 1.54. The minimum absolute atomic E-state index is 0.615. The van der Waals surface area contributed by atoms with Crippen LogP contribution < -0.4 is 0 Å². The molecule has 0 amide bonds. The second-order valence-electron chi connectivity index (χ2n) is 34.7. The molecular weight excluding hydrogens is 1660 g/mol. The monoisotopic (exact) mass is 1740 g/mol. The molecule has 0 N–H and O–H groups in total. The molecule has 0 atom stereocenters. The molecule has 11 heteroatoms. The Balaban J connectivity index is 0.000000103. The van der Waals surface area contributed by atoms with Gasteiger partial charge >= 0.3 is 0 Å². The van der Waals surface area contributed by atoms with Crippen molar-refractivity contribution in [2.45, 2.75) is 0 Å². The van der Waals surface area contributed by atoms with Crippen molar-refractivity contribution in [1.29, 1.82) is 0 Å². The number of hydrogen-bond donors (Lipinski definition) is 0. The molecular formula is C125H76N8O3. The van der Waals surface area contributed by atoms with Crippen LogP contribution in [-0.4, -0.2) is 38.6 Å². The highest BCUT2D eigenvalue weighted by molar-refractivity contribution is 6.37. The van der Waals surface area contributed by atoms with Crippen LogP contribution >= 0.6 is 0 Å². The van der Waals surface area contributed by atoms with E-state index in [1.54, 1.807) is 0 Å². The van der Waals surface area contributed by atoms with Gasteiger partial charge in [0.2, 0.25) is 5.95 Å². The first-order valence-corrected chi connectivity index (χ1v) is 45.9. The van der Waals surface area contributed by atoms with Gasteiger partial charge in [-0.25, -0.2) is 24.9 Å². The highest BCUT2D eigenvalue weighted by atomic mass is 16.3. The number of fused-ring (bicyclic) bond motifs is 29. The van der Waals surface area contributed by atoms with E-state index in [9.17, 15) is 0 Å². The van der Waals surface area contributed by atoms with Crippen molar-refractivity contribution in [3.63, 3.8) is 0 Å². The quantitative estimate of drug-likeness (QED) is 0.133. The summed E-state index contributed by atoms with van der Waals surface area (Å²) in [7, 11) is 0. The van der Waals surface area contributed by atoms with E-state index in [0.717, 1.165) is 165 Å². The van der Waals surface area contributed by atoms with Gasteiger partial charge in [-0.05, 0) is 145 Å². The van der Waals surface area contributed by atoms with E-state index >= 15 is 0 Å². The summed E-state index contributed by atoms with van der Waals surface area (Å²) in [6.07, 6.45) is 0. The molecule has 0 unspecified atom stereocenters. The Hall–Kier alpha value is -18.5. The van der Waals surface area contributed by atoms with Crippen LogP contribution in [0.1, 0.15) is 0 Å². The zero-order valence-electron chi connectivity index (χ0n) is 73.2. The fourth-order valence-electron chi connectivity index (χ4n) is 20.9. The number of para-hydroxylation sites is 6. The van der Waals surface area contributed by atoms with Gasteiger partial charge in [-0.3, -0.25) is 4.57 Å². The summed E-state index contributed by atoms with van der Waals surface area (Å²) in [6.45, 7) is 0. The number of rotatable bonds is 10. The van der Waals surface area contributed by atoms with Crippen molar-refractivity contribution in [2.24, 2.45) is 0 Å². The summed E-state index contributed by atoms with van der Waals surface area (Å²) in [5, 5.41) is 22.0. The molecule has 0 saturated carbocycles. The molecule has 21 aromatic carbocycles. The van der Waals surface area contributed by atoms with Crippen LogP contribution in [0.15, 0.2) is 474 Å². The lowest BCUT2D eigenvalue weighted by Gasteiger charge is -2.14. The molecule has 11 nitrogen and oxygen atoms in total. The van der Waals surface area contributed by atoms with E-state index in [1.807, 2.05) is 97.1 Å². The number of benzene rings is 21. The molecule has 29 aromatic rings. The third-order valence-corrected chi connectivity index (χ3v) is 27.0. The Labute approximate surface area is 778 Å². The molecule has 8 aromatic heterocycles. The fraction of sp³-hybridized carbons (Fsp3) is 0.